The molecule has 3 aromatic carbocycles. The van der Waals surface area contributed by atoms with Crippen LogP contribution in [0, 0.1) is 0 Å². The van der Waals surface area contributed by atoms with Gasteiger partial charge < -0.3 is 0 Å². The number of hydrogen-bond acceptors (Lipinski definition) is 1. The first-order chi connectivity index (χ1) is 11.4. The molecule has 0 saturated heterocycles. The monoisotopic (exact) mass is 481 g/mol. The van der Waals surface area contributed by atoms with Crippen LogP contribution in [0.4, 0.5) is 0 Å². The van der Waals surface area contributed by atoms with Crippen LogP contribution in [0.2, 0.25) is 0 Å². The Balaban J connectivity index is 0.00000156. The van der Waals surface area contributed by atoms with Gasteiger partial charge in [-0.25, -0.2) is 0 Å². The normalized spacial score (nSPS) is 11.1. The Kier molecular flexibility index (Phi) is 9.60. The van der Waals surface area contributed by atoms with E-state index in [2.05, 4.69) is 91.0 Å². The minimum absolute atomic E-state index is 0. The summed E-state index contributed by atoms with van der Waals surface area (Å²) in [4.78, 5) is 0. The van der Waals surface area contributed by atoms with Gasteiger partial charge in [0.25, 0.3) is 0 Å². The molecule has 0 aliphatic carbocycles. The van der Waals surface area contributed by atoms with Crippen molar-refractivity contribution in [3.63, 3.8) is 0 Å². The minimum atomic E-state index is -2.02. The Bertz CT molecular complexity index is 624. The second-order valence-electron chi connectivity index (χ2n) is 5.90. The molecule has 0 amide bonds. The molecule has 0 heterocycles. The number of benzene rings is 3. The van der Waals surface area contributed by atoms with Crippen LogP contribution < -0.4 is 21.6 Å². The molecule has 0 atom stereocenters. The summed E-state index contributed by atoms with van der Waals surface area (Å²) >= 11 is 0. The molecule has 0 aromatic heterocycles. The molecule has 0 unspecified atom stereocenters. The molecular formula is C21H26Br2NP. The van der Waals surface area contributed by atoms with Gasteiger partial charge in [-0.15, -0.1) is 34.0 Å². The van der Waals surface area contributed by atoms with Crippen LogP contribution in [0.5, 0.6) is 0 Å². The Morgan fingerprint density at radius 1 is 0.560 bits per heavy atom. The van der Waals surface area contributed by atoms with E-state index in [-0.39, 0.29) is 34.0 Å². The Hall–Kier alpha value is -0.990. The summed E-state index contributed by atoms with van der Waals surface area (Å²) in [6.45, 7) is 0.737. The van der Waals surface area contributed by atoms with Crippen LogP contribution in [0.3, 0.4) is 0 Å². The topological polar surface area (TPSA) is 26.0 Å². The van der Waals surface area contributed by atoms with Gasteiger partial charge in [-0.3, -0.25) is 0 Å². The molecule has 0 spiro atoms. The van der Waals surface area contributed by atoms with E-state index in [1.54, 1.807) is 0 Å². The summed E-state index contributed by atoms with van der Waals surface area (Å²) in [5.74, 6) is 0. The molecule has 0 aliphatic heterocycles. The number of nitrogens with two attached hydrogens (primary N) is 1. The van der Waals surface area contributed by atoms with E-state index >= 15 is 0 Å². The second-order valence-corrected chi connectivity index (χ2v) is 9.94. The Morgan fingerprint density at radius 3 is 1.16 bits per heavy atom. The van der Waals surface area contributed by atoms with Crippen molar-refractivity contribution in [2.75, 3.05) is 12.7 Å². The number of hydrogen-bond donors (Lipinski definition) is 1. The third-order valence-electron chi connectivity index (χ3n) is 4.56. The molecule has 3 aromatic rings. The maximum absolute atomic E-state index is 5.89. The van der Waals surface area contributed by atoms with Gasteiger partial charge in [-0.05, 0) is 0 Å². The summed E-state index contributed by atoms with van der Waals surface area (Å²) in [6.07, 6.45) is 2.19. The molecule has 0 aliphatic rings. The third kappa shape index (κ3) is 4.80. The van der Waals surface area contributed by atoms with Gasteiger partial charge >= 0.3 is 139 Å². The second kappa shape index (κ2) is 10.9. The van der Waals surface area contributed by atoms with Crippen molar-refractivity contribution < 1.29 is 0 Å². The predicted molar refractivity (Wildman–Crippen MR) is 126 cm³/mol. The van der Waals surface area contributed by atoms with Gasteiger partial charge in [-0.2, -0.15) is 0 Å². The molecule has 0 fully saturated rings. The SMILES string of the molecule is Br.Br.NCCC[PH](c1ccccc1)(c1ccccc1)c1ccccc1. The molecule has 134 valence electrons. The fourth-order valence-corrected chi connectivity index (χ4v) is 8.35. The zero-order valence-corrected chi connectivity index (χ0v) is 18.6. The van der Waals surface area contributed by atoms with Gasteiger partial charge in [0, 0.05) is 0 Å². The molecular weight excluding hydrogens is 457 g/mol. The summed E-state index contributed by atoms with van der Waals surface area (Å²) in [5, 5.41) is 4.39. The number of halogens is 2. The van der Waals surface area contributed by atoms with E-state index in [1.807, 2.05) is 0 Å². The van der Waals surface area contributed by atoms with Crippen molar-refractivity contribution in [1.29, 1.82) is 0 Å². The average Bonchev–Trinajstić information content (AvgIpc) is 2.65. The van der Waals surface area contributed by atoms with Crippen LogP contribution in [0.1, 0.15) is 6.42 Å². The van der Waals surface area contributed by atoms with Crippen molar-refractivity contribution in [3.05, 3.63) is 91.0 Å². The zero-order valence-electron chi connectivity index (χ0n) is 14.2. The molecule has 4 heteroatoms. The first-order valence-electron chi connectivity index (χ1n) is 8.24. The van der Waals surface area contributed by atoms with Gasteiger partial charge in [0.2, 0.25) is 0 Å². The van der Waals surface area contributed by atoms with Gasteiger partial charge in [0.05, 0.1) is 0 Å². The standard InChI is InChI=1S/C21H24NP.2BrH/c22-17-10-18-23(19-11-4-1-5-12-19,20-13-6-2-7-14-20)21-15-8-3-9-16-21;;/h1-9,11-16,23H,10,17-18,22H2;2*1H. The van der Waals surface area contributed by atoms with Crippen molar-refractivity contribution in [2.24, 2.45) is 5.73 Å². The van der Waals surface area contributed by atoms with Crippen molar-refractivity contribution >= 4 is 57.1 Å². The van der Waals surface area contributed by atoms with Crippen LogP contribution in [-0.4, -0.2) is 12.7 Å². The first kappa shape index (κ1) is 22.1. The predicted octanol–water partition coefficient (Wildman–Crippen LogP) is 4.22. The quantitative estimate of drug-likeness (QED) is 0.523. The van der Waals surface area contributed by atoms with Crippen LogP contribution in [0.25, 0.3) is 0 Å². The molecule has 2 N–H and O–H groups in total. The van der Waals surface area contributed by atoms with Crippen molar-refractivity contribution in [1.82, 2.24) is 0 Å². The van der Waals surface area contributed by atoms with Gasteiger partial charge in [0.1, 0.15) is 0 Å². The Labute approximate surface area is 172 Å². The van der Waals surface area contributed by atoms with E-state index in [0.717, 1.165) is 19.1 Å². The molecule has 0 bridgehead atoms. The molecule has 3 rings (SSSR count). The van der Waals surface area contributed by atoms with Crippen molar-refractivity contribution in [2.45, 2.75) is 6.42 Å². The summed E-state index contributed by atoms with van der Waals surface area (Å²) in [7, 11) is -2.02. The molecule has 25 heavy (non-hydrogen) atoms. The fourth-order valence-electron chi connectivity index (χ4n) is 3.47. The van der Waals surface area contributed by atoms with Gasteiger partial charge in [-0.1, -0.05) is 0 Å². The van der Waals surface area contributed by atoms with E-state index in [9.17, 15) is 0 Å². The molecule has 0 saturated carbocycles. The van der Waals surface area contributed by atoms with Crippen molar-refractivity contribution in [3.8, 4) is 0 Å². The Morgan fingerprint density at radius 2 is 0.880 bits per heavy atom. The van der Waals surface area contributed by atoms with E-state index in [1.165, 1.54) is 15.9 Å². The number of rotatable bonds is 6. The fraction of sp³-hybridized carbons (Fsp3) is 0.143. The molecule has 0 radical (unpaired) electrons. The van der Waals surface area contributed by atoms with Gasteiger partial charge in [0.15, 0.2) is 0 Å². The summed E-state index contributed by atoms with van der Waals surface area (Å²) < 4.78 is 0. The average molecular weight is 483 g/mol. The van der Waals surface area contributed by atoms with E-state index < -0.39 is 7.26 Å². The van der Waals surface area contributed by atoms with Crippen LogP contribution in [-0.2, 0) is 0 Å². The molecule has 1 nitrogen and oxygen atoms in total. The van der Waals surface area contributed by atoms with Crippen LogP contribution in [0.15, 0.2) is 91.0 Å². The summed E-state index contributed by atoms with van der Waals surface area (Å²) in [5.41, 5.74) is 5.89. The summed E-state index contributed by atoms with van der Waals surface area (Å²) in [6, 6.07) is 33.0. The van der Waals surface area contributed by atoms with Crippen LogP contribution >= 0.6 is 41.2 Å². The first-order valence-corrected chi connectivity index (χ1v) is 10.5. The zero-order chi connectivity index (χ0) is 16.0. The van der Waals surface area contributed by atoms with E-state index in [4.69, 9.17) is 5.73 Å². The third-order valence-corrected chi connectivity index (χ3v) is 9.62. The maximum atomic E-state index is 5.89. The van der Waals surface area contributed by atoms with E-state index in [0.29, 0.717) is 0 Å².